The van der Waals surface area contributed by atoms with Crippen LogP contribution in [0.25, 0.3) is 10.9 Å². The normalized spacial score (nSPS) is 30.2. The molecule has 0 radical (unpaired) electrons. The van der Waals surface area contributed by atoms with Gasteiger partial charge in [0.2, 0.25) is 0 Å². The third kappa shape index (κ3) is 1.94. The molecule has 0 aliphatic heterocycles. The summed E-state index contributed by atoms with van der Waals surface area (Å²) in [6.45, 7) is 1.92. The fourth-order valence-electron chi connectivity index (χ4n) is 3.65. The third-order valence-corrected chi connectivity index (χ3v) is 4.97. The number of pyridine rings is 1. The molecule has 2 aromatic rings. The van der Waals surface area contributed by atoms with Crippen molar-refractivity contribution in [3.05, 3.63) is 41.6 Å². The van der Waals surface area contributed by atoms with Crippen molar-refractivity contribution in [1.82, 2.24) is 10.3 Å². The van der Waals surface area contributed by atoms with Crippen LogP contribution in [0, 0.1) is 12.3 Å². The number of aliphatic hydroxyl groups is 1. The number of carbonyl (C=O) groups is 1. The van der Waals surface area contributed by atoms with Crippen LogP contribution in [0.1, 0.15) is 35.2 Å². The molecular formula is C17H18N2O2. The van der Waals surface area contributed by atoms with Crippen LogP contribution in [-0.4, -0.2) is 28.1 Å². The zero-order valence-corrected chi connectivity index (χ0v) is 12.0. The molecule has 21 heavy (non-hydrogen) atoms. The second kappa shape index (κ2) is 4.28. The second-order valence-corrected chi connectivity index (χ2v) is 6.49. The summed E-state index contributed by atoms with van der Waals surface area (Å²) in [6, 6.07) is 7.95. The minimum atomic E-state index is -0.171. The zero-order valence-electron chi connectivity index (χ0n) is 12.0. The summed E-state index contributed by atoms with van der Waals surface area (Å²) in [5, 5.41) is 13.5. The van der Waals surface area contributed by atoms with Gasteiger partial charge in [-0.15, -0.1) is 0 Å². The van der Waals surface area contributed by atoms with Gasteiger partial charge in [0.05, 0.1) is 17.2 Å². The lowest BCUT2D eigenvalue weighted by Crippen LogP contribution is -2.38. The molecule has 0 saturated heterocycles. The predicted molar refractivity (Wildman–Crippen MR) is 80.0 cm³/mol. The average Bonchev–Trinajstić information content (AvgIpc) is 3.11. The Balaban J connectivity index is 1.61. The van der Waals surface area contributed by atoms with Gasteiger partial charge >= 0.3 is 0 Å². The number of hydrogen-bond acceptors (Lipinski definition) is 3. The number of rotatable bonds is 2. The number of hydrogen-bond donors (Lipinski definition) is 2. The van der Waals surface area contributed by atoms with E-state index in [1.807, 2.05) is 31.2 Å². The van der Waals surface area contributed by atoms with E-state index < -0.39 is 0 Å². The van der Waals surface area contributed by atoms with Crippen LogP contribution >= 0.6 is 0 Å². The second-order valence-electron chi connectivity index (χ2n) is 6.49. The first-order chi connectivity index (χ1) is 10.1. The highest BCUT2D eigenvalue weighted by Crippen LogP contribution is 2.60. The molecule has 1 aromatic heterocycles. The summed E-state index contributed by atoms with van der Waals surface area (Å²) < 4.78 is 0. The number of benzene rings is 1. The molecule has 1 spiro atoms. The largest absolute Gasteiger partial charge is 0.393 e. The van der Waals surface area contributed by atoms with Gasteiger partial charge in [0, 0.05) is 17.6 Å². The van der Waals surface area contributed by atoms with E-state index in [2.05, 4.69) is 10.3 Å². The molecule has 4 rings (SSSR count). The van der Waals surface area contributed by atoms with E-state index in [0.717, 1.165) is 41.3 Å². The van der Waals surface area contributed by atoms with Gasteiger partial charge in [-0.25, -0.2) is 0 Å². The Hall–Kier alpha value is -1.94. The van der Waals surface area contributed by atoms with E-state index in [9.17, 15) is 9.90 Å². The lowest BCUT2D eigenvalue weighted by Gasteiger charge is -2.32. The first-order valence-corrected chi connectivity index (χ1v) is 7.42. The summed E-state index contributed by atoms with van der Waals surface area (Å²) in [6.07, 6.45) is 4.24. The first-order valence-electron chi connectivity index (χ1n) is 7.42. The van der Waals surface area contributed by atoms with Crippen molar-refractivity contribution in [1.29, 1.82) is 0 Å². The number of amides is 1. The van der Waals surface area contributed by atoms with Crippen molar-refractivity contribution in [3.8, 4) is 0 Å². The summed E-state index contributed by atoms with van der Waals surface area (Å²) >= 11 is 0. The summed E-state index contributed by atoms with van der Waals surface area (Å²) in [5.74, 6) is -0.0191. The standard InChI is InChI=1S/C17H18N2O2/c1-10-9-18-13-5-3-2-4-12(13)15(10)16(21)19-14-8-17(14)6-11(20)7-17/h2-5,9,11,14,20H,6-8H2,1H3,(H,19,21). The summed E-state index contributed by atoms with van der Waals surface area (Å²) in [7, 11) is 0. The van der Waals surface area contributed by atoms with Crippen molar-refractivity contribution in [2.24, 2.45) is 5.41 Å². The maximum absolute atomic E-state index is 12.6. The van der Waals surface area contributed by atoms with Crippen LogP contribution in [0.2, 0.25) is 0 Å². The van der Waals surface area contributed by atoms with E-state index in [0.29, 0.717) is 0 Å². The number of para-hydroxylation sites is 1. The molecule has 1 heterocycles. The highest BCUT2D eigenvalue weighted by molar-refractivity contribution is 6.07. The smallest absolute Gasteiger partial charge is 0.252 e. The topological polar surface area (TPSA) is 62.2 Å². The molecule has 1 aromatic carbocycles. The number of aryl methyl sites for hydroxylation is 1. The fraction of sp³-hybridized carbons (Fsp3) is 0.412. The number of nitrogens with zero attached hydrogens (tertiary/aromatic N) is 1. The van der Waals surface area contributed by atoms with E-state index in [-0.39, 0.29) is 23.5 Å². The quantitative estimate of drug-likeness (QED) is 0.887. The lowest BCUT2D eigenvalue weighted by molar-refractivity contribution is 0.0235. The number of aliphatic hydroxyl groups excluding tert-OH is 1. The zero-order chi connectivity index (χ0) is 14.6. The van der Waals surface area contributed by atoms with Crippen LogP contribution in [0.5, 0.6) is 0 Å². The number of aromatic nitrogens is 1. The molecule has 1 atom stereocenters. The van der Waals surface area contributed by atoms with Gasteiger partial charge in [-0.05, 0) is 43.2 Å². The monoisotopic (exact) mass is 282 g/mol. The van der Waals surface area contributed by atoms with Gasteiger partial charge in [0.1, 0.15) is 0 Å². The van der Waals surface area contributed by atoms with Crippen molar-refractivity contribution < 1.29 is 9.90 Å². The van der Waals surface area contributed by atoms with Gasteiger partial charge in [-0.3, -0.25) is 9.78 Å². The molecular weight excluding hydrogens is 264 g/mol. The maximum Gasteiger partial charge on any atom is 0.252 e. The number of nitrogens with one attached hydrogen (secondary N) is 1. The molecule has 108 valence electrons. The SMILES string of the molecule is Cc1cnc2ccccc2c1C(=O)NC1CC12CC(O)C2. The van der Waals surface area contributed by atoms with Gasteiger partial charge in [0.15, 0.2) is 0 Å². The first kappa shape index (κ1) is 12.8. The Morgan fingerprint density at radius 2 is 2.10 bits per heavy atom. The molecule has 4 nitrogen and oxygen atoms in total. The van der Waals surface area contributed by atoms with E-state index in [1.165, 1.54) is 0 Å². The molecule has 2 saturated carbocycles. The third-order valence-electron chi connectivity index (χ3n) is 4.97. The van der Waals surface area contributed by atoms with Crippen LogP contribution in [0.3, 0.4) is 0 Å². The fourth-order valence-corrected chi connectivity index (χ4v) is 3.65. The van der Waals surface area contributed by atoms with Crippen LogP contribution in [0.15, 0.2) is 30.5 Å². The van der Waals surface area contributed by atoms with E-state index >= 15 is 0 Å². The average molecular weight is 282 g/mol. The van der Waals surface area contributed by atoms with Gasteiger partial charge < -0.3 is 10.4 Å². The highest BCUT2D eigenvalue weighted by Gasteiger charge is 2.61. The Labute approximate surface area is 123 Å². The molecule has 2 aliphatic rings. The van der Waals surface area contributed by atoms with Crippen molar-refractivity contribution in [2.45, 2.75) is 38.3 Å². The molecule has 2 N–H and O–H groups in total. The molecule has 1 unspecified atom stereocenters. The van der Waals surface area contributed by atoms with Crippen molar-refractivity contribution in [2.75, 3.05) is 0 Å². The van der Waals surface area contributed by atoms with E-state index in [4.69, 9.17) is 0 Å². The van der Waals surface area contributed by atoms with Gasteiger partial charge in [-0.2, -0.15) is 0 Å². The Kier molecular flexibility index (Phi) is 2.60. The molecule has 4 heteroatoms. The lowest BCUT2D eigenvalue weighted by atomic mass is 9.78. The molecule has 1 amide bonds. The highest BCUT2D eigenvalue weighted by atomic mass is 16.3. The van der Waals surface area contributed by atoms with Crippen LogP contribution in [0.4, 0.5) is 0 Å². The number of carbonyl (C=O) groups excluding carboxylic acids is 1. The minimum absolute atomic E-state index is 0.0191. The van der Waals surface area contributed by atoms with E-state index in [1.54, 1.807) is 6.20 Å². The van der Waals surface area contributed by atoms with Crippen molar-refractivity contribution in [3.63, 3.8) is 0 Å². The summed E-state index contributed by atoms with van der Waals surface area (Å²) in [4.78, 5) is 17.0. The van der Waals surface area contributed by atoms with Crippen LogP contribution < -0.4 is 5.32 Å². The van der Waals surface area contributed by atoms with Crippen LogP contribution in [-0.2, 0) is 0 Å². The van der Waals surface area contributed by atoms with Gasteiger partial charge in [0.25, 0.3) is 5.91 Å². The maximum atomic E-state index is 12.6. The van der Waals surface area contributed by atoms with Gasteiger partial charge in [-0.1, -0.05) is 18.2 Å². The van der Waals surface area contributed by atoms with Crippen molar-refractivity contribution >= 4 is 16.8 Å². The molecule has 2 aliphatic carbocycles. The molecule has 0 bridgehead atoms. The Morgan fingerprint density at radius 1 is 1.33 bits per heavy atom. The minimum Gasteiger partial charge on any atom is -0.393 e. The Morgan fingerprint density at radius 3 is 2.86 bits per heavy atom. The Bertz CT molecular complexity index is 735. The summed E-state index contributed by atoms with van der Waals surface area (Å²) in [5.41, 5.74) is 2.65. The number of fused-ring (bicyclic) bond motifs is 1. The predicted octanol–water partition coefficient (Wildman–Crippen LogP) is 2.19. The molecule has 2 fully saturated rings.